The van der Waals surface area contributed by atoms with Gasteiger partial charge in [-0.15, -0.1) is 0 Å². The summed E-state index contributed by atoms with van der Waals surface area (Å²) >= 11 is 0. The molecule has 3 heteroatoms. The highest BCUT2D eigenvalue weighted by atomic mass is 16.1. The third kappa shape index (κ3) is 6.96. The van der Waals surface area contributed by atoms with E-state index < -0.39 is 0 Å². The predicted molar refractivity (Wildman–Crippen MR) is 37.8 cm³/mol. The van der Waals surface area contributed by atoms with Crippen molar-refractivity contribution < 1.29 is 4.79 Å². The highest BCUT2D eigenvalue weighted by molar-refractivity contribution is 5.46. The fraction of sp³-hybridized carbons (Fsp3) is 0.714. The quantitative estimate of drug-likeness (QED) is 0.435. The molecule has 1 amide bonds. The predicted octanol–water partition coefficient (Wildman–Crippen LogP) is 0.727. The number of carbonyl (C=O) groups excluding carboxylic acids is 1. The van der Waals surface area contributed by atoms with E-state index in [0.717, 1.165) is 19.3 Å². The van der Waals surface area contributed by atoms with Gasteiger partial charge >= 0.3 is 6.41 Å². The van der Waals surface area contributed by atoms with Crippen LogP contribution in [-0.2, 0) is 4.79 Å². The Balaban J connectivity index is 2.78. The molecule has 0 aliphatic carbocycles. The second kappa shape index (κ2) is 7.96. The second-order valence-electron chi connectivity index (χ2n) is 2.00. The van der Waals surface area contributed by atoms with Gasteiger partial charge in [-0.1, -0.05) is 6.42 Å². The van der Waals surface area contributed by atoms with Gasteiger partial charge in [0.2, 0.25) is 0 Å². The van der Waals surface area contributed by atoms with E-state index in [-0.39, 0.29) is 0 Å². The molecule has 0 saturated carbocycles. The molecular weight excluding hydrogens is 128 g/mol. The minimum Gasteiger partial charge on any atom is -0.348 e. The normalized spacial score (nSPS) is 8.30. The van der Waals surface area contributed by atoms with Crippen LogP contribution in [0.5, 0.6) is 0 Å². The summed E-state index contributed by atoms with van der Waals surface area (Å²) in [7, 11) is 0. The van der Waals surface area contributed by atoms with Crippen molar-refractivity contribution in [3.8, 4) is 6.07 Å². The Bertz CT molecular complexity index is 117. The van der Waals surface area contributed by atoms with Crippen molar-refractivity contribution in [2.24, 2.45) is 0 Å². The number of nitriles is 1. The van der Waals surface area contributed by atoms with Gasteiger partial charge in [0, 0.05) is 13.0 Å². The van der Waals surface area contributed by atoms with Crippen molar-refractivity contribution in [2.45, 2.75) is 25.7 Å². The first-order valence-electron chi connectivity index (χ1n) is 3.38. The molecule has 0 heterocycles. The van der Waals surface area contributed by atoms with Crippen LogP contribution in [0.1, 0.15) is 25.7 Å². The van der Waals surface area contributed by atoms with Crippen molar-refractivity contribution in [1.82, 2.24) is 5.32 Å². The third-order valence-corrected chi connectivity index (χ3v) is 1.16. The Hall–Kier alpha value is -1.04. The van der Waals surface area contributed by atoms with Gasteiger partial charge in [-0.25, -0.2) is 0 Å². The van der Waals surface area contributed by atoms with Gasteiger partial charge in [-0.05, 0) is 12.8 Å². The van der Waals surface area contributed by atoms with Gasteiger partial charge in [0.05, 0.1) is 6.07 Å². The topological polar surface area (TPSA) is 52.9 Å². The van der Waals surface area contributed by atoms with Gasteiger partial charge < -0.3 is 5.32 Å². The molecule has 0 aromatic heterocycles. The van der Waals surface area contributed by atoms with E-state index in [4.69, 9.17) is 5.26 Å². The lowest BCUT2D eigenvalue weighted by atomic mass is 10.2. The van der Waals surface area contributed by atoms with E-state index in [1.165, 1.54) is 0 Å². The highest BCUT2D eigenvalue weighted by Gasteiger charge is 1.86. The van der Waals surface area contributed by atoms with Crippen LogP contribution < -0.4 is 5.32 Å². The molecule has 1 N–H and O–H groups in total. The van der Waals surface area contributed by atoms with Crippen molar-refractivity contribution in [1.29, 1.82) is 5.26 Å². The number of amides is 1. The Kier molecular flexibility index (Phi) is 7.13. The zero-order chi connectivity index (χ0) is 7.66. The third-order valence-electron chi connectivity index (χ3n) is 1.16. The molecule has 0 aromatic carbocycles. The van der Waals surface area contributed by atoms with Gasteiger partial charge in [0.1, 0.15) is 0 Å². The van der Waals surface area contributed by atoms with E-state index in [2.05, 4.69) is 11.4 Å². The fourth-order valence-corrected chi connectivity index (χ4v) is 0.645. The van der Waals surface area contributed by atoms with Crippen LogP contribution in [0.15, 0.2) is 0 Å². The highest BCUT2D eigenvalue weighted by Crippen LogP contribution is 1.96. The van der Waals surface area contributed by atoms with Crippen molar-refractivity contribution in [3.05, 3.63) is 0 Å². The number of nitrogens with one attached hydrogen (secondary N) is 1. The van der Waals surface area contributed by atoms with E-state index in [1.54, 1.807) is 6.41 Å². The number of hydrogen-bond acceptors (Lipinski definition) is 2. The summed E-state index contributed by atoms with van der Waals surface area (Å²) in [5, 5.41) is 10.6. The molecule has 0 unspecified atom stereocenters. The number of hydrogen-bond donors (Lipinski definition) is 1. The summed E-state index contributed by atoms with van der Waals surface area (Å²) in [6, 6.07) is 2.06. The van der Waals surface area contributed by atoms with Gasteiger partial charge in [-0.2, -0.15) is 5.26 Å². The molecule has 0 aliphatic heterocycles. The van der Waals surface area contributed by atoms with Gasteiger partial charge in [0.25, 0.3) is 0 Å². The lowest BCUT2D eigenvalue weighted by Crippen LogP contribution is -2.11. The molecule has 0 saturated heterocycles. The molecular formula is C7H11N2O. The van der Waals surface area contributed by atoms with Crippen LogP contribution in [0.2, 0.25) is 0 Å². The minimum atomic E-state index is 0.616. The van der Waals surface area contributed by atoms with Crippen molar-refractivity contribution >= 4 is 6.41 Å². The zero-order valence-electron chi connectivity index (χ0n) is 5.89. The van der Waals surface area contributed by atoms with Gasteiger partial charge in [0.15, 0.2) is 0 Å². The standard InChI is InChI=1S/C7H11N2O/c8-5-3-1-2-4-6-9-7-10/h1-4,6H2,(H,9,10). The molecule has 55 valence electrons. The summed E-state index contributed by atoms with van der Waals surface area (Å²) in [4.78, 5) is 9.61. The smallest absolute Gasteiger partial charge is 0.309 e. The Labute approximate surface area is 61.0 Å². The van der Waals surface area contributed by atoms with Crippen LogP contribution in [0.25, 0.3) is 0 Å². The van der Waals surface area contributed by atoms with E-state index in [0.29, 0.717) is 13.0 Å². The average Bonchev–Trinajstić information content (AvgIpc) is 1.97. The number of rotatable bonds is 6. The molecule has 0 rings (SSSR count). The first-order chi connectivity index (χ1) is 4.91. The van der Waals surface area contributed by atoms with Crippen molar-refractivity contribution in [2.75, 3.05) is 6.54 Å². The minimum absolute atomic E-state index is 0.616. The number of nitrogens with zero attached hydrogens (tertiary/aromatic N) is 1. The molecule has 3 nitrogen and oxygen atoms in total. The Morgan fingerprint density at radius 2 is 2.10 bits per heavy atom. The SMILES string of the molecule is N#CCCCCCN[C]=O. The fourth-order valence-electron chi connectivity index (χ4n) is 0.645. The second-order valence-corrected chi connectivity index (χ2v) is 2.00. The first-order valence-corrected chi connectivity index (χ1v) is 3.38. The Morgan fingerprint density at radius 3 is 2.70 bits per heavy atom. The maximum Gasteiger partial charge on any atom is 0.309 e. The Morgan fingerprint density at radius 1 is 1.30 bits per heavy atom. The van der Waals surface area contributed by atoms with Crippen LogP contribution >= 0.6 is 0 Å². The molecule has 0 bridgehead atoms. The van der Waals surface area contributed by atoms with E-state index >= 15 is 0 Å². The van der Waals surface area contributed by atoms with Gasteiger partial charge in [-0.3, -0.25) is 4.79 Å². The summed E-state index contributed by atoms with van der Waals surface area (Å²) in [6.07, 6.45) is 5.08. The van der Waals surface area contributed by atoms with E-state index in [9.17, 15) is 4.79 Å². The summed E-state index contributed by atoms with van der Waals surface area (Å²) in [6.45, 7) is 0.676. The lowest BCUT2D eigenvalue weighted by Gasteiger charge is -1.94. The van der Waals surface area contributed by atoms with Crippen LogP contribution in [0.4, 0.5) is 0 Å². The summed E-state index contributed by atoms with van der Waals surface area (Å²) < 4.78 is 0. The zero-order valence-corrected chi connectivity index (χ0v) is 5.89. The maximum absolute atomic E-state index is 9.61. The van der Waals surface area contributed by atoms with Crippen LogP contribution in [-0.4, -0.2) is 13.0 Å². The molecule has 1 radical (unpaired) electrons. The van der Waals surface area contributed by atoms with Crippen LogP contribution in [0, 0.1) is 11.3 Å². The molecule has 0 fully saturated rings. The first kappa shape index (κ1) is 8.96. The number of unbranched alkanes of at least 4 members (excludes halogenated alkanes) is 3. The average molecular weight is 139 g/mol. The maximum atomic E-state index is 9.61. The molecule has 0 aliphatic rings. The summed E-state index contributed by atoms with van der Waals surface area (Å²) in [5.41, 5.74) is 0. The molecule has 10 heavy (non-hydrogen) atoms. The lowest BCUT2D eigenvalue weighted by molar-refractivity contribution is 0.538. The monoisotopic (exact) mass is 139 g/mol. The molecule has 0 aromatic rings. The van der Waals surface area contributed by atoms with E-state index in [1.807, 2.05) is 0 Å². The van der Waals surface area contributed by atoms with Crippen molar-refractivity contribution in [3.63, 3.8) is 0 Å². The summed E-state index contributed by atoms with van der Waals surface area (Å²) in [5.74, 6) is 0. The molecule has 0 atom stereocenters. The molecule has 0 spiro atoms. The van der Waals surface area contributed by atoms with Crippen LogP contribution in [0.3, 0.4) is 0 Å². The largest absolute Gasteiger partial charge is 0.348 e.